The van der Waals surface area contributed by atoms with E-state index in [-0.39, 0.29) is 16.9 Å². The zero-order valence-electron chi connectivity index (χ0n) is 12.5. The van der Waals surface area contributed by atoms with Gasteiger partial charge in [-0.15, -0.1) is 0 Å². The lowest BCUT2D eigenvalue weighted by atomic mass is 9.85. The van der Waals surface area contributed by atoms with Crippen molar-refractivity contribution in [3.63, 3.8) is 0 Å². The lowest BCUT2D eigenvalue weighted by Crippen LogP contribution is -2.41. The molecule has 2 rings (SSSR count). The summed E-state index contributed by atoms with van der Waals surface area (Å²) in [6.07, 6.45) is 4.10. The van der Waals surface area contributed by atoms with Crippen LogP contribution in [0.5, 0.6) is 0 Å². The smallest absolute Gasteiger partial charge is 0.241 e. The molecule has 1 fully saturated rings. The van der Waals surface area contributed by atoms with Crippen LogP contribution in [-0.2, 0) is 10.0 Å². The molecule has 118 valence electrons. The molecule has 0 bridgehead atoms. The van der Waals surface area contributed by atoms with E-state index in [9.17, 15) is 12.8 Å². The van der Waals surface area contributed by atoms with Crippen LogP contribution in [0.4, 0.5) is 4.39 Å². The minimum Gasteiger partial charge on any atom is -0.327 e. The number of nitrogens with one attached hydrogen (secondary N) is 1. The van der Waals surface area contributed by atoms with Gasteiger partial charge in [0.15, 0.2) is 0 Å². The zero-order chi connectivity index (χ0) is 15.6. The van der Waals surface area contributed by atoms with Gasteiger partial charge in [0.1, 0.15) is 5.82 Å². The van der Waals surface area contributed by atoms with Crippen molar-refractivity contribution in [3.8, 4) is 0 Å². The zero-order valence-corrected chi connectivity index (χ0v) is 13.3. The molecule has 1 aromatic rings. The largest absolute Gasteiger partial charge is 0.327 e. The molecule has 1 aliphatic rings. The van der Waals surface area contributed by atoms with Gasteiger partial charge in [0.2, 0.25) is 10.0 Å². The highest BCUT2D eigenvalue weighted by Crippen LogP contribution is 2.24. The molecule has 0 aliphatic heterocycles. The SMILES string of the molecule is Cc1cc(F)cc(C)c1S(=O)(=O)NCC1CCCCC1N. The van der Waals surface area contributed by atoms with Crippen molar-refractivity contribution in [2.45, 2.75) is 50.5 Å². The Balaban J connectivity index is 2.15. The third-order valence-corrected chi connectivity index (χ3v) is 5.93. The predicted molar refractivity (Wildman–Crippen MR) is 81.0 cm³/mol. The number of hydrogen-bond acceptors (Lipinski definition) is 3. The van der Waals surface area contributed by atoms with Gasteiger partial charge in [0, 0.05) is 12.6 Å². The lowest BCUT2D eigenvalue weighted by Gasteiger charge is -2.28. The van der Waals surface area contributed by atoms with E-state index in [4.69, 9.17) is 5.73 Å². The molecule has 0 saturated heterocycles. The first-order valence-corrected chi connectivity index (χ1v) is 8.81. The highest BCUT2D eigenvalue weighted by atomic mass is 32.2. The molecule has 4 nitrogen and oxygen atoms in total. The average molecular weight is 314 g/mol. The van der Waals surface area contributed by atoms with Gasteiger partial charge < -0.3 is 5.73 Å². The summed E-state index contributed by atoms with van der Waals surface area (Å²) in [6.45, 7) is 3.56. The van der Waals surface area contributed by atoms with E-state index >= 15 is 0 Å². The minimum absolute atomic E-state index is 0.0526. The number of sulfonamides is 1. The Morgan fingerprint density at radius 1 is 1.24 bits per heavy atom. The Labute approximate surface area is 126 Å². The van der Waals surface area contributed by atoms with Crippen LogP contribution >= 0.6 is 0 Å². The third-order valence-electron chi connectivity index (χ3n) is 4.20. The Morgan fingerprint density at radius 3 is 2.38 bits per heavy atom. The quantitative estimate of drug-likeness (QED) is 0.895. The van der Waals surface area contributed by atoms with E-state index in [0.29, 0.717) is 17.7 Å². The summed E-state index contributed by atoms with van der Waals surface area (Å²) < 4.78 is 40.9. The van der Waals surface area contributed by atoms with Gasteiger partial charge >= 0.3 is 0 Å². The molecule has 1 saturated carbocycles. The topological polar surface area (TPSA) is 72.2 Å². The van der Waals surface area contributed by atoms with E-state index < -0.39 is 15.8 Å². The number of benzene rings is 1. The van der Waals surface area contributed by atoms with Crippen LogP contribution in [0.1, 0.15) is 36.8 Å². The van der Waals surface area contributed by atoms with Gasteiger partial charge in [-0.05, 0) is 55.9 Å². The van der Waals surface area contributed by atoms with Crippen molar-refractivity contribution in [2.24, 2.45) is 11.7 Å². The molecule has 3 N–H and O–H groups in total. The summed E-state index contributed by atoms with van der Waals surface area (Å²) in [5.74, 6) is -0.243. The number of aryl methyl sites for hydroxylation is 2. The molecule has 1 aliphatic carbocycles. The standard InChI is InChI=1S/C15H23FN2O2S/c1-10-7-13(16)8-11(2)15(10)21(19,20)18-9-12-5-3-4-6-14(12)17/h7-8,12,14,18H,3-6,9,17H2,1-2H3. The predicted octanol–water partition coefficient (Wildman–Crippen LogP) is 2.24. The molecule has 1 aromatic carbocycles. The van der Waals surface area contributed by atoms with Crippen LogP contribution in [0.15, 0.2) is 17.0 Å². The maximum Gasteiger partial charge on any atom is 0.241 e. The van der Waals surface area contributed by atoms with E-state index in [1.54, 1.807) is 13.8 Å². The highest BCUT2D eigenvalue weighted by molar-refractivity contribution is 7.89. The Bertz CT molecular complexity index is 593. The number of rotatable bonds is 4. The molecule has 0 radical (unpaired) electrons. The Hall–Kier alpha value is -0.980. The summed E-state index contributed by atoms with van der Waals surface area (Å²) in [5, 5.41) is 0. The molecule has 2 atom stereocenters. The molecule has 2 unspecified atom stereocenters. The van der Waals surface area contributed by atoms with Gasteiger partial charge in [0.25, 0.3) is 0 Å². The minimum atomic E-state index is -3.63. The van der Waals surface area contributed by atoms with Crippen LogP contribution in [0, 0.1) is 25.6 Å². The summed E-state index contributed by atoms with van der Waals surface area (Å²) >= 11 is 0. The van der Waals surface area contributed by atoms with Crippen LogP contribution in [0.2, 0.25) is 0 Å². The highest BCUT2D eigenvalue weighted by Gasteiger charge is 2.25. The van der Waals surface area contributed by atoms with Crippen molar-refractivity contribution in [2.75, 3.05) is 6.54 Å². The first-order valence-electron chi connectivity index (χ1n) is 7.33. The molecule has 6 heteroatoms. The van der Waals surface area contributed by atoms with Gasteiger partial charge in [-0.2, -0.15) is 0 Å². The Morgan fingerprint density at radius 2 is 1.81 bits per heavy atom. The van der Waals surface area contributed by atoms with Crippen molar-refractivity contribution in [3.05, 3.63) is 29.1 Å². The molecule has 0 amide bonds. The van der Waals surface area contributed by atoms with Crippen molar-refractivity contribution in [1.82, 2.24) is 4.72 Å². The molecule has 21 heavy (non-hydrogen) atoms. The van der Waals surface area contributed by atoms with Crippen molar-refractivity contribution < 1.29 is 12.8 Å². The van der Waals surface area contributed by atoms with E-state index in [1.807, 2.05) is 0 Å². The van der Waals surface area contributed by atoms with E-state index in [1.165, 1.54) is 12.1 Å². The summed E-state index contributed by atoms with van der Waals surface area (Å²) in [7, 11) is -3.63. The maximum absolute atomic E-state index is 13.3. The second kappa shape index (κ2) is 6.42. The fourth-order valence-corrected chi connectivity index (χ4v) is 4.64. The first kappa shape index (κ1) is 16.4. The van der Waals surface area contributed by atoms with Crippen LogP contribution < -0.4 is 10.5 Å². The molecule has 0 heterocycles. The second-order valence-corrected chi connectivity index (χ2v) is 7.63. The molecular weight excluding hydrogens is 291 g/mol. The van der Waals surface area contributed by atoms with Gasteiger partial charge in [-0.3, -0.25) is 0 Å². The number of nitrogens with two attached hydrogens (primary N) is 1. The fraction of sp³-hybridized carbons (Fsp3) is 0.600. The second-order valence-electron chi connectivity index (χ2n) is 5.93. The summed E-state index contributed by atoms with van der Waals surface area (Å²) in [6, 6.07) is 2.54. The summed E-state index contributed by atoms with van der Waals surface area (Å²) in [4.78, 5) is 0.174. The molecular formula is C15H23FN2O2S. The maximum atomic E-state index is 13.3. The molecule has 0 aromatic heterocycles. The molecule has 0 spiro atoms. The van der Waals surface area contributed by atoms with Crippen LogP contribution in [0.3, 0.4) is 0 Å². The number of halogens is 1. The fourth-order valence-electron chi connectivity index (χ4n) is 3.10. The van der Waals surface area contributed by atoms with Crippen LogP contribution in [0.25, 0.3) is 0 Å². The van der Waals surface area contributed by atoms with Gasteiger partial charge in [0.05, 0.1) is 4.90 Å². The van der Waals surface area contributed by atoms with Crippen molar-refractivity contribution in [1.29, 1.82) is 0 Å². The lowest BCUT2D eigenvalue weighted by molar-refractivity contribution is 0.308. The van der Waals surface area contributed by atoms with Crippen molar-refractivity contribution >= 4 is 10.0 Å². The van der Waals surface area contributed by atoms with E-state index in [0.717, 1.165) is 25.7 Å². The first-order chi connectivity index (χ1) is 9.81. The average Bonchev–Trinajstić information content (AvgIpc) is 2.36. The van der Waals surface area contributed by atoms with Gasteiger partial charge in [-0.1, -0.05) is 12.8 Å². The number of hydrogen-bond donors (Lipinski definition) is 2. The van der Waals surface area contributed by atoms with Gasteiger partial charge in [-0.25, -0.2) is 17.5 Å². The monoisotopic (exact) mass is 314 g/mol. The van der Waals surface area contributed by atoms with Crippen LogP contribution in [-0.4, -0.2) is 21.0 Å². The van der Waals surface area contributed by atoms with E-state index in [2.05, 4.69) is 4.72 Å². The summed E-state index contributed by atoms with van der Waals surface area (Å²) in [5.41, 5.74) is 6.89. The Kier molecular flexibility index (Phi) is 5.01. The normalized spacial score (nSPS) is 23.2. The third kappa shape index (κ3) is 3.81.